The third-order valence-electron chi connectivity index (χ3n) is 14.5. The lowest BCUT2D eigenvalue weighted by molar-refractivity contribution is -0.254. The van der Waals surface area contributed by atoms with Gasteiger partial charge in [-0.05, 0) is 110 Å². The highest BCUT2D eigenvalue weighted by Crippen LogP contribution is 2.84. The standard InChI is InChI=1S/C30H50O2/c1-19(2)29-17-15-28(8)22-10-9-21-25(5)13-12-23(31)24(3,4)20(25)11-14-26(21,6)27(22,7)16-18-30(28,29)32-29/h19-23,31H,9-18H2,1-8H3. The van der Waals surface area contributed by atoms with E-state index >= 15 is 0 Å². The highest BCUT2D eigenvalue weighted by atomic mass is 16.6. The average Bonchev–Trinajstić information content (AvgIpc) is 3.32. The van der Waals surface area contributed by atoms with E-state index in [9.17, 15) is 5.11 Å². The van der Waals surface area contributed by atoms with Gasteiger partial charge in [0.05, 0.1) is 6.10 Å². The zero-order valence-electron chi connectivity index (χ0n) is 22.3. The first-order chi connectivity index (χ1) is 14.8. The van der Waals surface area contributed by atoms with Crippen LogP contribution in [0.1, 0.15) is 120 Å². The fourth-order valence-electron chi connectivity index (χ4n) is 12.5. The Kier molecular flexibility index (Phi) is 4.20. The van der Waals surface area contributed by atoms with Gasteiger partial charge in [0.25, 0.3) is 0 Å². The minimum absolute atomic E-state index is 0.0544. The first kappa shape index (κ1) is 22.4. The molecule has 0 radical (unpaired) electrons. The van der Waals surface area contributed by atoms with Gasteiger partial charge in [0.15, 0.2) is 0 Å². The first-order valence-electron chi connectivity index (χ1n) is 14.1. The molecule has 10 atom stereocenters. The van der Waals surface area contributed by atoms with Crippen LogP contribution in [0.3, 0.4) is 0 Å². The molecule has 1 spiro atoms. The van der Waals surface area contributed by atoms with Crippen molar-refractivity contribution in [3.8, 4) is 0 Å². The topological polar surface area (TPSA) is 32.8 Å². The molecule has 32 heavy (non-hydrogen) atoms. The van der Waals surface area contributed by atoms with Crippen molar-refractivity contribution in [1.82, 2.24) is 0 Å². The monoisotopic (exact) mass is 442 g/mol. The molecule has 0 aromatic carbocycles. The molecule has 1 aliphatic heterocycles. The molecule has 2 heteroatoms. The molecule has 2 nitrogen and oxygen atoms in total. The SMILES string of the molecule is CC(C)C12CCC3(C)C4CCC5C6(C)CCC(O)C(C)(C)C6CCC5(C)C4(C)CCC31O2. The van der Waals surface area contributed by atoms with Crippen molar-refractivity contribution in [3.63, 3.8) is 0 Å². The van der Waals surface area contributed by atoms with Crippen molar-refractivity contribution in [2.75, 3.05) is 0 Å². The smallest absolute Gasteiger partial charge is 0.104 e. The predicted octanol–water partition coefficient (Wildman–Crippen LogP) is 7.38. The van der Waals surface area contributed by atoms with Crippen LogP contribution >= 0.6 is 0 Å². The minimum Gasteiger partial charge on any atom is -0.393 e. The molecular formula is C30H50O2. The van der Waals surface area contributed by atoms with Crippen molar-refractivity contribution < 1.29 is 9.84 Å². The van der Waals surface area contributed by atoms with Gasteiger partial charge in [-0.3, -0.25) is 0 Å². The second kappa shape index (κ2) is 6.00. The van der Waals surface area contributed by atoms with Gasteiger partial charge in [-0.2, -0.15) is 0 Å². The van der Waals surface area contributed by atoms with Gasteiger partial charge in [0.1, 0.15) is 11.2 Å². The van der Waals surface area contributed by atoms with E-state index in [0.717, 1.165) is 18.3 Å². The van der Waals surface area contributed by atoms with Gasteiger partial charge in [0.2, 0.25) is 0 Å². The predicted molar refractivity (Wildman–Crippen MR) is 130 cm³/mol. The maximum Gasteiger partial charge on any atom is 0.104 e. The van der Waals surface area contributed by atoms with E-state index in [2.05, 4.69) is 55.4 Å². The lowest BCUT2D eigenvalue weighted by atomic mass is 9.31. The summed E-state index contributed by atoms with van der Waals surface area (Å²) in [6, 6.07) is 0. The molecule has 0 aromatic heterocycles. The second-order valence-corrected chi connectivity index (χ2v) is 15.4. The van der Waals surface area contributed by atoms with E-state index < -0.39 is 0 Å². The average molecular weight is 443 g/mol. The van der Waals surface area contributed by atoms with Gasteiger partial charge in [-0.25, -0.2) is 0 Å². The summed E-state index contributed by atoms with van der Waals surface area (Å²) in [6.45, 7) is 20.3. The van der Waals surface area contributed by atoms with Crippen LogP contribution in [0.15, 0.2) is 0 Å². The van der Waals surface area contributed by atoms with Crippen LogP contribution in [0.4, 0.5) is 0 Å². The van der Waals surface area contributed by atoms with Crippen molar-refractivity contribution >= 4 is 0 Å². The zero-order valence-corrected chi connectivity index (χ0v) is 22.3. The van der Waals surface area contributed by atoms with Crippen LogP contribution in [0, 0.1) is 50.7 Å². The summed E-state index contributed by atoms with van der Waals surface area (Å²) >= 11 is 0. The molecule has 10 unspecified atom stereocenters. The van der Waals surface area contributed by atoms with Crippen LogP contribution in [-0.2, 0) is 4.74 Å². The molecule has 6 rings (SSSR count). The van der Waals surface area contributed by atoms with E-state index in [0.29, 0.717) is 33.5 Å². The van der Waals surface area contributed by atoms with Crippen LogP contribution in [0.5, 0.6) is 0 Å². The lowest BCUT2D eigenvalue weighted by Crippen LogP contribution is -2.68. The van der Waals surface area contributed by atoms with E-state index in [1.165, 1.54) is 57.8 Å². The van der Waals surface area contributed by atoms with Crippen molar-refractivity contribution in [2.24, 2.45) is 50.7 Å². The molecule has 1 saturated heterocycles. The van der Waals surface area contributed by atoms with Gasteiger partial charge in [-0.1, -0.05) is 55.4 Å². The Morgan fingerprint density at radius 3 is 1.94 bits per heavy atom. The molecule has 1 heterocycles. The summed E-state index contributed by atoms with van der Waals surface area (Å²) in [4.78, 5) is 0. The quantitative estimate of drug-likeness (QED) is 0.430. The molecule has 6 aliphatic rings. The summed E-state index contributed by atoms with van der Waals surface area (Å²) in [5, 5.41) is 10.9. The molecule has 5 aliphatic carbocycles. The number of aliphatic hydroxyl groups is 1. The first-order valence-corrected chi connectivity index (χ1v) is 14.1. The minimum atomic E-state index is -0.125. The van der Waals surface area contributed by atoms with Gasteiger partial charge in [-0.15, -0.1) is 0 Å². The number of hydrogen-bond acceptors (Lipinski definition) is 2. The number of rotatable bonds is 1. The summed E-state index contributed by atoms with van der Waals surface area (Å²) in [6.07, 6.45) is 12.9. The molecular weight excluding hydrogens is 392 g/mol. The maximum absolute atomic E-state index is 10.9. The Balaban J connectivity index is 1.39. The number of epoxide rings is 1. The molecule has 1 N–H and O–H groups in total. The molecule has 5 saturated carbocycles. The third kappa shape index (κ3) is 2.07. The van der Waals surface area contributed by atoms with Crippen molar-refractivity contribution in [3.05, 3.63) is 0 Å². The summed E-state index contributed by atoms with van der Waals surface area (Å²) in [5.41, 5.74) is 2.00. The molecule has 0 bridgehead atoms. The van der Waals surface area contributed by atoms with Crippen LogP contribution in [0.2, 0.25) is 0 Å². The fourth-order valence-corrected chi connectivity index (χ4v) is 12.5. The van der Waals surface area contributed by atoms with Gasteiger partial charge in [0, 0.05) is 5.41 Å². The van der Waals surface area contributed by atoms with E-state index in [4.69, 9.17) is 4.74 Å². The number of fused-ring (bicyclic) bond motifs is 6. The third-order valence-corrected chi connectivity index (χ3v) is 14.5. The lowest BCUT2D eigenvalue weighted by Gasteiger charge is -2.73. The Labute approximate surface area is 197 Å². The number of hydrogen-bond donors (Lipinski definition) is 1. The Bertz CT molecular complexity index is 833. The highest BCUT2D eigenvalue weighted by Gasteiger charge is 2.86. The van der Waals surface area contributed by atoms with E-state index in [1.54, 1.807) is 0 Å². The molecule has 6 fully saturated rings. The molecule has 0 amide bonds. The largest absolute Gasteiger partial charge is 0.393 e. The second-order valence-electron chi connectivity index (χ2n) is 15.4. The highest BCUT2D eigenvalue weighted by molar-refractivity contribution is 5.34. The van der Waals surface area contributed by atoms with Gasteiger partial charge < -0.3 is 9.84 Å². The summed E-state index contributed by atoms with van der Waals surface area (Å²) < 4.78 is 6.88. The maximum atomic E-state index is 10.9. The van der Waals surface area contributed by atoms with E-state index in [1.807, 2.05) is 0 Å². The van der Waals surface area contributed by atoms with E-state index in [-0.39, 0.29) is 22.7 Å². The Hall–Kier alpha value is -0.0800. The van der Waals surface area contributed by atoms with Crippen LogP contribution < -0.4 is 0 Å². The Morgan fingerprint density at radius 2 is 1.28 bits per heavy atom. The molecule has 182 valence electrons. The normalized spacial score (nSPS) is 62.4. The van der Waals surface area contributed by atoms with Crippen molar-refractivity contribution in [1.29, 1.82) is 0 Å². The zero-order chi connectivity index (χ0) is 23.2. The number of ether oxygens (including phenoxy) is 1. The van der Waals surface area contributed by atoms with Crippen LogP contribution in [0.25, 0.3) is 0 Å². The van der Waals surface area contributed by atoms with Crippen LogP contribution in [-0.4, -0.2) is 22.4 Å². The molecule has 0 aromatic rings. The van der Waals surface area contributed by atoms with Crippen molar-refractivity contribution in [2.45, 2.75) is 137 Å². The summed E-state index contributed by atoms with van der Waals surface area (Å²) in [7, 11) is 0. The number of aliphatic hydroxyl groups excluding tert-OH is 1. The Morgan fingerprint density at radius 1 is 0.656 bits per heavy atom. The van der Waals surface area contributed by atoms with Gasteiger partial charge >= 0.3 is 0 Å². The summed E-state index contributed by atoms with van der Waals surface area (Å²) in [5.74, 6) is 2.91. The fraction of sp³-hybridized carbons (Fsp3) is 1.00.